The monoisotopic (exact) mass is 601 g/mol. The number of nitrogens with zero attached hydrogens (tertiary/aromatic N) is 2. The van der Waals surface area contributed by atoms with Gasteiger partial charge in [-0.15, -0.1) is 0 Å². The summed E-state index contributed by atoms with van der Waals surface area (Å²) in [5.41, 5.74) is 0.998. The Morgan fingerprint density at radius 2 is 1.63 bits per heavy atom. The van der Waals surface area contributed by atoms with Crippen molar-refractivity contribution in [3.05, 3.63) is 83.4 Å². The molecule has 3 aromatic carbocycles. The Labute approximate surface area is 247 Å². The zero-order chi connectivity index (χ0) is 30.0. The van der Waals surface area contributed by atoms with Crippen LogP contribution in [0, 0.1) is 0 Å². The number of methoxy groups -OCH3 is 1. The van der Waals surface area contributed by atoms with E-state index in [9.17, 15) is 18.0 Å². The third-order valence-electron chi connectivity index (χ3n) is 6.34. The number of nitrogens with one attached hydrogen (secondary N) is 1. The molecule has 0 saturated heterocycles. The van der Waals surface area contributed by atoms with Gasteiger partial charge in [-0.25, -0.2) is 8.42 Å². The minimum atomic E-state index is -4.21. The van der Waals surface area contributed by atoms with Crippen LogP contribution in [0.25, 0.3) is 0 Å². The summed E-state index contributed by atoms with van der Waals surface area (Å²) in [6, 6.07) is 18.5. The largest absolute Gasteiger partial charge is 0.497 e. The Morgan fingerprint density at radius 3 is 2.22 bits per heavy atom. The zero-order valence-electron chi connectivity index (χ0n) is 23.7. The molecule has 11 heteroatoms. The fourth-order valence-corrected chi connectivity index (χ4v) is 5.86. The number of hydrogen-bond acceptors (Lipinski definition) is 6. The quantitative estimate of drug-likeness (QED) is 0.282. The molecule has 3 aromatic rings. The first-order chi connectivity index (χ1) is 19.6. The van der Waals surface area contributed by atoms with Crippen LogP contribution in [-0.2, 0) is 26.2 Å². The van der Waals surface area contributed by atoms with Crippen molar-refractivity contribution in [1.29, 1.82) is 0 Å². The summed E-state index contributed by atoms with van der Waals surface area (Å²) in [6.45, 7) is 5.82. The Hall–Kier alpha value is -3.76. The second-order valence-corrected chi connectivity index (χ2v) is 11.4. The van der Waals surface area contributed by atoms with E-state index in [1.54, 1.807) is 63.4 Å². The average Bonchev–Trinajstić information content (AvgIpc) is 2.96. The summed E-state index contributed by atoms with van der Waals surface area (Å²) in [7, 11) is -2.66. The van der Waals surface area contributed by atoms with E-state index >= 15 is 0 Å². The number of hydrogen-bond donors (Lipinski definition) is 1. The van der Waals surface area contributed by atoms with Gasteiger partial charge in [0.1, 0.15) is 24.1 Å². The lowest BCUT2D eigenvalue weighted by atomic mass is 10.1. The molecule has 0 heterocycles. The Bertz CT molecular complexity index is 1410. The number of halogens is 1. The molecular formula is C30H36ClN3O6S. The Balaban J connectivity index is 2.06. The molecule has 9 nitrogen and oxygen atoms in total. The number of carbonyl (C=O) groups excluding carboxylic acids is 2. The van der Waals surface area contributed by atoms with Gasteiger partial charge in [0.25, 0.3) is 10.0 Å². The first kappa shape index (κ1) is 31.8. The van der Waals surface area contributed by atoms with Crippen LogP contribution in [0.4, 0.5) is 5.69 Å². The summed E-state index contributed by atoms with van der Waals surface area (Å²) in [6.07, 6.45) is 0.328. The number of ether oxygens (including phenoxy) is 2. The van der Waals surface area contributed by atoms with E-state index in [4.69, 9.17) is 21.1 Å². The first-order valence-electron chi connectivity index (χ1n) is 13.4. The molecule has 0 radical (unpaired) electrons. The number of carbonyl (C=O) groups is 2. The molecule has 0 aliphatic heterocycles. The minimum absolute atomic E-state index is 0.0290. The number of anilines is 1. The number of rotatable bonds is 14. The lowest BCUT2D eigenvalue weighted by molar-refractivity contribution is -0.140. The van der Waals surface area contributed by atoms with Crippen LogP contribution in [-0.4, -0.2) is 58.0 Å². The highest BCUT2D eigenvalue weighted by molar-refractivity contribution is 7.92. The van der Waals surface area contributed by atoms with Gasteiger partial charge in [0.05, 0.1) is 24.3 Å². The lowest BCUT2D eigenvalue weighted by Gasteiger charge is -2.33. The molecular weight excluding hydrogens is 566 g/mol. The van der Waals surface area contributed by atoms with Crippen LogP contribution in [0.1, 0.15) is 32.8 Å². The average molecular weight is 602 g/mol. The molecule has 0 fully saturated rings. The van der Waals surface area contributed by atoms with E-state index in [0.717, 1.165) is 9.87 Å². The predicted molar refractivity (Wildman–Crippen MR) is 160 cm³/mol. The van der Waals surface area contributed by atoms with Crippen molar-refractivity contribution in [3.8, 4) is 11.5 Å². The van der Waals surface area contributed by atoms with Gasteiger partial charge in [0.2, 0.25) is 11.8 Å². The standard InChI is InChI=1S/C30H36ClN3O6S/c1-5-28(30(36)32-6-2)33(20-22-9-8-10-26(19-22)39-4)29(35)21-34(24-13-15-25(16-14-24)40-7-3)41(37,38)27-17-11-23(31)12-18-27/h8-19,28H,5-7,20-21H2,1-4H3,(H,32,36). The highest BCUT2D eigenvalue weighted by Crippen LogP contribution is 2.28. The normalized spacial score (nSPS) is 11.8. The molecule has 1 N–H and O–H groups in total. The van der Waals surface area contributed by atoms with Gasteiger partial charge < -0.3 is 19.7 Å². The van der Waals surface area contributed by atoms with E-state index in [-0.39, 0.29) is 23.0 Å². The van der Waals surface area contributed by atoms with E-state index < -0.39 is 28.5 Å². The maximum Gasteiger partial charge on any atom is 0.264 e. The zero-order valence-corrected chi connectivity index (χ0v) is 25.2. The van der Waals surface area contributed by atoms with Crippen LogP contribution in [0.5, 0.6) is 11.5 Å². The van der Waals surface area contributed by atoms with Gasteiger partial charge in [0, 0.05) is 18.1 Å². The molecule has 3 rings (SSSR count). The van der Waals surface area contributed by atoms with E-state index in [0.29, 0.717) is 36.1 Å². The van der Waals surface area contributed by atoms with Gasteiger partial charge in [-0.05, 0) is 86.5 Å². The smallest absolute Gasteiger partial charge is 0.264 e. The molecule has 1 atom stereocenters. The number of likely N-dealkylation sites (N-methyl/N-ethyl adjacent to an activating group) is 1. The molecule has 1 unspecified atom stereocenters. The second-order valence-electron chi connectivity index (χ2n) is 9.08. The molecule has 0 aliphatic carbocycles. The van der Waals surface area contributed by atoms with E-state index in [2.05, 4.69) is 5.32 Å². The van der Waals surface area contributed by atoms with Crippen LogP contribution >= 0.6 is 11.6 Å². The van der Waals surface area contributed by atoms with Gasteiger partial charge in [-0.3, -0.25) is 13.9 Å². The fraction of sp³-hybridized carbons (Fsp3) is 0.333. The van der Waals surface area contributed by atoms with Crippen molar-refractivity contribution >= 4 is 39.1 Å². The molecule has 0 aliphatic rings. The number of benzene rings is 3. The van der Waals surface area contributed by atoms with Crippen molar-refractivity contribution in [2.75, 3.05) is 31.1 Å². The van der Waals surface area contributed by atoms with Crippen molar-refractivity contribution in [1.82, 2.24) is 10.2 Å². The Morgan fingerprint density at radius 1 is 0.951 bits per heavy atom. The Kier molecular flexibility index (Phi) is 11.4. The SMILES string of the molecule is CCNC(=O)C(CC)N(Cc1cccc(OC)c1)C(=O)CN(c1ccc(OCC)cc1)S(=O)(=O)c1ccc(Cl)cc1. The van der Waals surface area contributed by atoms with Gasteiger partial charge in [-0.1, -0.05) is 30.7 Å². The van der Waals surface area contributed by atoms with Gasteiger partial charge in [-0.2, -0.15) is 0 Å². The molecule has 0 spiro atoms. The fourth-order valence-electron chi connectivity index (χ4n) is 4.32. The summed E-state index contributed by atoms with van der Waals surface area (Å²) >= 11 is 6.01. The predicted octanol–water partition coefficient (Wildman–Crippen LogP) is 4.89. The van der Waals surface area contributed by atoms with Crippen LogP contribution in [0.2, 0.25) is 5.02 Å². The van der Waals surface area contributed by atoms with Crippen molar-refractivity contribution in [3.63, 3.8) is 0 Å². The third kappa shape index (κ3) is 8.14. The summed E-state index contributed by atoms with van der Waals surface area (Å²) in [4.78, 5) is 28.5. The lowest BCUT2D eigenvalue weighted by Crippen LogP contribution is -2.52. The van der Waals surface area contributed by atoms with Crippen LogP contribution in [0.3, 0.4) is 0 Å². The number of amides is 2. The maximum atomic E-state index is 14.1. The van der Waals surface area contributed by atoms with Crippen LogP contribution in [0.15, 0.2) is 77.7 Å². The van der Waals surface area contributed by atoms with Crippen molar-refractivity contribution in [2.24, 2.45) is 0 Å². The molecule has 41 heavy (non-hydrogen) atoms. The maximum absolute atomic E-state index is 14.1. The van der Waals surface area contributed by atoms with Crippen molar-refractivity contribution in [2.45, 2.75) is 44.7 Å². The van der Waals surface area contributed by atoms with E-state index in [1.807, 2.05) is 13.0 Å². The van der Waals surface area contributed by atoms with Gasteiger partial charge >= 0.3 is 0 Å². The molecule has 0 bridgehead atoms. The molecule has 0 saturated carbocycles. The third-order valence-corrected chi connectivity index (χ3v) is 8.38. The highest BCUT2D eigenvalue weighted by atomic mass is 35.5. The topological polar surface area (TPSA) is 105 Å². The molecule has 2 amide bonds. The minimum Gasteiger partial charge on any atom is -0.497 e. The second kappa shape index (κ2) is 14.7. The van der Waals surface area contributed by atoms with Crippen LogP contribution < -0.4 is 19.1 Å². The van der Waals surface area contributed by atoms with Crippen molar-refractivity contribution < 1.29 is 27.5 Å². The first-order valence-corrected chi connectivity index (χ1v) is 15.2. The van der Waals surface area contributed by atoms with Gasteiger partial charge in [0.15, 0.2) is 0 Å². The van der Waals surface area contributed by atoms with E-state index in [1.165, 1.54) is 29.2 Å². The number of sulfonamides is 1. The highest BCUT2D eigenvalue weighted by Gasteiger charge is 2.33. The summed E-state index contributed by atoms with van der Waals surface area (Å²) in [5.74, 6) is 0.299. The summed E-state index contributed by atoms with van der Waals surface area (Å²) in [5, 5.41) is 3.17. The molecule has 0 aromatic heterocycles. The molecule has 220 valence electrons. The summed E-state index contributed by atoms with van der Waals surface area (Å²) < 4.78 is 39.7.